The van der Waals surface area contributed by atoms with E-state index in [1.165, 1.54) is 0 Å². The standard InChI is InChI=1S/C12H9Cl2N5/c13-6-1-2-7(8(14)5-6)10-9(3-4-15)18-12(17)19-11(10)16/h1-2,5H,3H2,(H4,16,17,18,19). The van der Waals surface area contributed by atoms with Crippen molar-refractivity contribution in [3.63, 3.8) is 0 Å². The maximum atomic E-state index is 8.84. The highest BCUT2D eigenvalue weighted by molar-refractivity contribution is 6.36. The Balaban J connectivity index is 2.70. The molecule has 0 amide bonds. The van der Waals surface area contributed by atoms with Gasteiger partial charge in [-0.1, -0.05) is 29.3 Å². The third-order valence-electron chi connectivity index (χ3n) is 2.48. The average molecular weight is 294 g/mol. The smallest absolute Gasteiger partial charge is 0.222 e. The van der Waals surface area contributed by atoms with Crippen molar-refractivity contribution >= 4 is 35.0 Å². The Labute approximate surface area is 119 Å². The number of nitrogen functional groups attached to an aromatic ring is 2. The van der Waals surface area contributed by atoms with Crippen molar-refractivity contribution in [3.8, 4) is 17.2 Å². The van der Waals surface area contributed by atoms with Gasteiger partial charge in [0.1, 0.15) is 5.82 Å². The summed E-state index contributed by atoms with van der Waals surface area (Å²) in [4.78, 5) is 7.94. The van der Waals surface area contributed by atoms with Crippen molar-refractivity contribution in [2.45, 2.75) is 6.42 Å². The summed E-state index contributed by atoms with van der Waals surface area (Å²) >= 11 is 12.0. The predicted molar refractivity (Wildman–Crippen MR) is 75.6 cm³/mol. The molecule has 0 atom stereocenters. The van der Waals surface area contributed by atoms with Gasteiger partial charge in [0.2, 0.25) is 5.95 Å². The first-order valence-corrected chi connectivity index (χ1v) is 6.02. The highest BCUT2D eigenvalue weighted by Gasteiger charge is 2.16. The number of rotatable bonds is 2. The summed E-state index contributed by atoms with van der Waals surface area (Å²) in [6.45, 7) is 0. The van der Waals surface area contributed by atoms with Crippen molar-refractivity contribution in [2.24, 2.45) is 0 Å². The molecule has 0 saturated heterocycles. The highest BCUT2D eigenvalue weighted by Crippen LogP contribution is 2.35. The molecule has 4 N–H and O–H groups in total. The fourth-order valence-corrected chi connectivity index (χ4v) is 2.24. The van der Waals surface area contributed by atoms with E-state index in [1.807, 2.05) is 6.07 Å². The Hall–Kier alpha value is -2.03. The molecule has 2 rings (SSSR count). The first-order chi connectivity index (χ1) is 9.02. The molecule has 1 aromatic carbocycles. The van der Waals surface area contributed by atoms with Gasteiger partial charge in [-0.15, -0.1) is 0 Å². The molecule has 0 aliphatic heterocycles. The zero-order valence-corrected chi connectivity index (χ0v) is 11.2. The second kappa shape index (κ2) is 5.31. The van der Waals surface area contributed by atoms with Crippen LogP contribution in [0.15, 0.2) is 18.2 Å². The molecule has 0 bridgehead atoms. The molecular weight excluding hydrogens is 285 g/mol. The lowest BCUT2D eigenvalue weighted by atomic mass is 10.0. The van der Waals surface area contributed by atoms with Gasteiger partial charge in [-0.05, 0) is 12.1 Å². The van der Waals surface area contributed by atoms with Gasteiger partial charge in [-0.25, -0.2) is 4.98 Å². The van der Waals surface area contributed by atoms with Crippen molar-refractivity contribution in [3.05, 3.63) is 33.9 Å². The number of hydrogen-bond donors (Lipinski definition) is 2. The third kappa shape index (κ3) is 2.70. The van der Waals surface area contributed by atoms with Gasteiger partial charge in [0.15, 0.2) is 0 Å². The maximum Gasteiger partial charge on any atom is 0.222 e. The summed E-state index contributed by atoms with van der Waals surface area (Å²) in [5.41, 5.74) is 13.0. The van der Waals surface area contributed by atoms with Crippen LogP contribution in [0.3, 0.4) is 0 Å². The zero-order chi connectivity index (χ0) is 14.0. The molecule has 0 aliphatic carbocycles. The Morgan fingerprint density at radius 2 is 1.95 bits per heavy atom. The first kappa shape index (κ1) is 13.4. The molecule has 0 unspecified atom stereocenters. The molecule has 19 heavy (non-hydrogen) atoms. The molecule has 0 aliphatic rings. The van der Waals surface area contributed by atoms with Crippen molar-refractivity contribution in [1.82, 2.24) is 9.97 Å². The summed E-state index contributed by atoms with van der Waals surface area (Å²) in [6, 6.07) is 6.98. The Bertz CT molecular complexity index is 679. The Morgan fingerprint density at radius 3 is 2.58 bits per heavy atom. The summed E-state index contributed by atoms with van der Waals surface area (Å²) in [7, 11) is 0. The molecule has 0 radical (unpaired) electrons. The molecule has 0 fully saturated rings. The Morgan fingerprint density at radius 1 is 1.21 bits per heavy atom. The van der Waals surface area contributed by atoms with Crippen molar-refractivity contribution < 1.29 is 0 Å². The third-order valence-corrected chi connectivity index (χ3v) is 3.02. The summed E-state index contributed by atoms with van der Waals surface area (Å²) in [5.74, 6) is 0.207. The molecule has 0 saturated carbocycles. The topological polar surface area (TPSA) is 102 Å². The quantitative estimate of drug-likeness (QED) is 0.886. The molecule has 7 heteroatoms. The van der Waals surface area contributed by atoms with Crippen LogP contribution >= 0.6 is 23.2 Å². The molecule has 5 nitrogen and oxygen atoms in total. The van der Waals surface area contributed by atoms with E-state index in [0.717, 1.165) is 0 Å². The van der Waals surface area contributed by atoms with Crippen LogP contribution in [-0.4, -0.2) is 9.97 Å². The van der Waals surface area contributed by atoms with Crippen molar-refractivity contribution in [2.75, 3.05) is 11.5 Å². The van der Waals surface area contributed by atoms with Crippen LogP contribution in [0.25, 0.3) is 11.1 Å². The lowest BCUT2D eigenvalue weighted by molar-refractivity contribution is 1.08. The SMILES string of the molecule is N#CCc1nc(N)nc(N)c1-c1ccc(Cl)cc1Cl. The number of nitrogens with two attached hydrogens (primary N) is 2. The zero-order valence-electron chi connectivity index (χ0n) is 9.69. The minimum Gasteiger partial charge on any atom is -0.383 e. The summed E-state index contributed by atoms with van der Waals surface area (Å²) in [6.07, 6.45) is 0.0607. The molecule has 2 aromatic rings. The van der Waals surface area contributed by atoms with E-state index in [9.17, 15) is 0 Å². The van der Waals surface area contributed by atoms with Gasteiger partial charge in [0.25, 0.3) is 0 Å². The lowest BCUT2D eigenvalue weighted by Crippen LogP contribution is -2.06. The maximum absolute atomic E-state index is 8.84. The highest BCUT2D eigenvalue weighted by atomic mass is 35.5. The summed E-state index contributed by atoms with van der Waals surface area (Å²) in [5, 5.41) is 9.75. The number of halogens is 2. The fraction of sp³-hybridized carbons (Fsp3) is 0.0833. The number of anilines is 2. The first-order valence-electron chi connectivity index (χ1n) is 5.27. The van der Waals surface area contributed by atoms with Crippen LogP contribution in [0.1, 0.15) is 5.69 Å². The van der Waals surface area contributed by atoms with Gasteiger partial charge in [0, 0.05) is 16.1 Å². The normalized spacial score (nSPS) is 10.2. The second-order valence-corrected chi connectivity index (χ2v) is 4.59. The number of hydrogen-bond acceptors (Lipinski definition) is 5. The molecule has 0 spiro atoms. The van der Waals surface area contributed by atoms with E-state index in [1.54, 1.807) is 18.2 Å². The van der Waals surface area contributed by atoms with Gasteiger partial charge >= 0.3 is 0 Å². The summed E-state index contributed by atoms with van der Waals surface area (Å²) < 4.78 is 0. The second-order valence-electron chi connectivity index (χ2n) is 3.75. The van der Waals surface area contributed by atoms with Crippen LogP contribution < -0.4 is 11.5 Å². The van der Waals surface area contributed by atoms with Crippen LogP contribution in [-0.2, 0) is 6.42 Å². The van der Waals surface area contributed by atoms with E-state index in [2.05, 4.69) is 9.97 Å². The van der Waals surface area contributed by atoms with E-state index < -0.39 is 0 Å². The van der Waals surface area contributed by atoms with Gasteiger partial charge in [0.05, 0.1) is 23.2 Å². The lowest BCUT2D eigenvalue weighted by Gasteiger charge is -2.11. The molecule has 1 aromatic heterocycles. The monoisotopic (exact) mass is 293 g/mol. The largest absolute Gasteiger partial charge is 0.383 e. The minimum atomic E-state index is 0.0246. The number of nitriles is 1. The van der Waals surface area contributed by atoms with Gasteiger partial charge in [-0.3, -0.25) is 0 Å². The minimum absolute atomic E-state index is 0.0246. The molecular formula is C12H9Cl2N5. The van der Waals surface area contributed by atoms with E-state index in [-0.39, 0.29) is 18.2 Å². The molecule has 1 heterocycles. The van der Waals surface area contributed by atoms with Crippen molar-refractivity contribution in [1.29, 1.82) is 5.26 Å². The number of aromatic nitrogens is 2. The number of nitrogens with zero attached hydrogens (tertiary/aromatic N) is 3. The van der Waals surface area contributed by atoms with Crippen LogP contribution in [0, 0.1) is 11.3 Å². The predicted octanol–water partition coefficient (Wildman–Crippen LogP) is 2.68. The molecule has 96 valence electrons. The van der Waals surface area contributed by atoms with E-state index >= 15 is 0 Å². The van der Waals surface area contributed by atoms with E-state index in [4.69, 9.17) is 39.9 Å². The van der Waals surface area contributed by atoms with E-state index in [0.29, 0.717) is 26.9 Å². The fourth-order valence-electron chi connectivity index (χ4n) is 1.73. The van der Waals surface area contributed by atoms with Crippen LogP contribution in [0.5, 0.6) is 0 Å². The van der Waals surface area contributed by atoms with Crippen LogP contribution in [0.4, 0.5) is 11.8 Å². The number of benzene rings is 1. The van der Waals surface area contributed by atoms with Gasteiger partial charge in [-0.2, -0.15) is 10.2 Å². The van der Waals surface area contributed by atoms with Crippen LogP contribution in [0.2, 0.25) is 10.0 Å². The Kier molecular flexibility index (Phi) is 3.74. The van der Waals surface area contributed by atoms with Gasteiger partial charge < -0.3 is 11.5 Å². The average Bonchev–Trinajstić information content (AvgIpc) is 2.31.